The summed E-state index contributed by atoms with van der Waals surface area (Å²) in [6.45, 7) is 1.88. The first-order valence-electron chi connectivity index (χ1n) is 8.46. The number of allylic oxidation sites excluding steroid dienone is 2. The monoisotopic (exact) mass is 393 g/mol. The number of rotatable bonds is 2. The number of fused-ring (bicyclic) bond motifs is 1. The Hall–Kier alpha value is -3.24. The van der Waals surface area contributed by atoms with E-state index in [9.17, 15) is 28.1 Å². The van der Waals surface area contributed by atoms with Gasteiger partial charge in [-0.05, 0) is 30.0 Å². The molecule has 1 aliphatic carbocycles. The molecule has 0 saturated carbocycles. The number of carbonyl (C=O) groups is 1. The lowest BCUT2D eigenvalue weighted by atomic mass is 9.81. The molecule has 1 aromatic heterocycles. The Morgan fingerprint density at radius 1 is 1.25 bits per heavy atom. The van der Waals surface area contributed by atoms with Gasteiger partial charge < -0.3 is 5.32 Å². The number of nitro groups is 1. The third-order valence-corrected chi connectivity index (χ3v) is 4.80. The number of nitrogens with one attached hydrogen (secondary N) is 1. The van der Waals surface area contributed by atoms with Gasteiger partial charge >= 0.3 is 6.18 Å². The van der Waals surface area contributed by atoms with Crippen LogP contribution in [-0.2, 0) is 11.0 Å². The number of aromatic nitrogens is 3. The van der Waals surface area contributed by atoms with Crippen molar-refractivity contribution in [1.29, 1.82) is 0 Å². The molecule has 2 aliphatic rings. The van der Waals surface area contributed by atoms with Crippen LogP contribution in [0.1, 0.15) is 37.2 Å². The summed E-state index contributed by atoms with van der Waals surface area (Å²) in [5, 5.41) is 17.3. The van der Waals surface area contributed by atoms with Crippen LogP contribution in [0.2, 0.25) is 0 Å². The topological polar surface area (TPSA) is 103 Å². The highest BCUT2D eigenvalue weighted by Crippen LogP contribution is 2.42. The highest BCUT2D eigenvalue weighted by Gasteiger charge is 2.43. The zero-order chi connectivity index (χ0) is 20.2. The van der Waals surface area contributed by atoms with Crippen molar-refractivity contribution in [3.63, 3.8) is 0 Å². The van der Waals surface area contributed by atoms with E-state index >= 15 is 0 Å². The summed E-state index contributed by atoms with van der Waals surface area (Å²) in [5.41, 5.74) is 1.09. The molecule has 4 rings (SSSR count). The Morgan fingerprint density at radius 3 is 2.54 bits per heavy atom. The number of nitro benzene ring substituents is 1. The van der Waals surface area contributed by atoms with Crippen molar-refractivity contribution >= 4 is 17.4 Å². The molecule has 0 unspecified atom stereocenters. The Bertz CT molecular complexity index is 1010. The minimum absolute atomic E-state index is 0.0350. The lowest BCUT2D eigenvalue weighted by Gasteiger charge is -2.34. The van der Waals surface area contributed by atoms with Crippen molar-refractivity contribution in [2.45, 2.75) is 32.0 Å². The van der Waals surface area contributed by atoms with Gasteiger partial charge in [0.1, 0.15) is 6.04 Å². The van der Waals surface area contributed by atoms with Gasteiger partial charge in [-0.1, -0.05) is 6.92 Å². The number of ketones is 1. The van der Waals surface area contributed by atoms with Gasteiger partial charge in [0.25, 0.3) is 11.5 Å². The molecule has 0 bridgehead atoms. The van der Waals surface area contributed by atoms with Gasteiger partial charge in [-0.25, -0.2) is 4.68 Å². The molecule has 0 radical (unpaired) electrons. The Labute approximate surface area is 156 Å². The molecule has 1 N–H and O–H groups in total. The predicted octanol–water partition coefficient (Wildman–Crippen LogP) is 3.47. The molecule has 1 aromatic carbocycles. The second-order valence-corrected chi connectivity index (χ2v) is 6.91. The van der Waals surface area contributed by atoms with Gasteiger partial charge in [0.05, 0.1) is 4.92 Å². The normalized spacial score (nSPS) is 21.8. The average Bonchev–Trinajstić information content (AvgIpc) is 3.03. The van der Waals surface area contributed by atoms with Crippen molar-refractivity contribution in [3.05, 3.63) is 57.0 Å². The van der Waals surface area contributed by atoms with Crippen molar-refractivity contribution in [1.82, 2.24) is 14.8 Å². The number of alkyl halides is 3. The van der Waals surface area contributed by atoms with E-state index in [1.165, 1.54) is 24.3 Å². The first-order chi connectivity index (χ1) is 13.1. The van der Waals surface area contributed by atoms with E-state index in [-0.39, 0.29) is 29.8 Å². The lowest BCUT2D eigenvalue weighted by molar-refractivity contribution is -0.384. The number of nitrogens with zero attached hydrogens (tertiary/aromatic N) is 4. The molecule has 0 fully saturated rings. The maximum Gasteiger partial charge on any atom is 0.453 e. The van der Waals surface area contributed by atoms with E-state index in [2.05, 4.69) is 15.4 Å². The quantitative estimate of drug-likeness (QED) is 0.619. The molecular formula is C17H14F3N5O3. The standard InChI is InChI=1S/C17H14F3N5O3/c1-8-6-11-13(12(26)7-8)14(9-2-4-10(5-3-9)25(27)28)24-16(21-11)22-15(23-24)17(18,19)20/h2-5,8,14H,6-7H2,1H3,(H,21,22,23)/t8-,14-/m1/s1. The average molecular weight is 393 g/mol. The minimum Gasteiger partial charge on any atom is -0.328 e. The van der Waals surface area contributed by atoms with Crippen LogP contribution in [0, 0.1) is 16.0 Å². The van der Waals surface area contributed by atoms with Crippen molar-refractivity contribution in [2.75, 3.05) is 5.32 Å². The fraction of sp³-hybridized carbons (Fsp3) is 0.353. The SMILES string of the molecule is C[C@H]1CC(=O)C2=C(C1)Nc1nc(C(F)(F)F)nn1[C@@H]2c1ccc([N+](=O)[O-])cc1. The summed E-state index contributed by atoms with van der Waals surface area (Å²) in [6.07, 6.45) is -4.00. The zero-order valence-electron chi connectivity index (χ0n) is 14.5. The number of hydrogen-bond acceptors (Lipinski definition) is 6. The summed E-state index contributed by atoms with van der Waals surface area (Å²) in [5.74, 6) is -1.59. The molecule has 1 aliphatic heterocycles. The number of non-ortho nitro benzene ring substituents is 1. The van der Waals surface area contributed by atoms with Crippen LogP contribution in [0.3, 0.4) is 0 Å². The Balaban J connectivity index is 1.88. The molecule has 8 nitrogen and oxygen atoms in total. The number of carbonyl (C=O) groups excluding carboxylic acids is 1. The van der Waals surface area contributed by atoms with Crippen LogP contribution in [0.15, 0.2) is 35.5 Å². The van der Waals surface area contributed by atoms with Gasteiger partial charge in [0.2, 0.25) is 5.95 Å². The van der Waals surface area contributed by atoms with E-state index in [0.29, 0.717) is 23.3 Å². The largest absolute Gasteiger partial charge is 0.453 e. The zero-order valence-corrected chi connectivity index (χ0v) is 14.5. The predicted molar refractivity (Wildman–Crippen MR) is 90.3 cm³/mol. The maximum absolute atomic E-state index is 13.1. The second kappa shape index (κ2) is 6.14. The summed E-state index contributed by atoms with van der Waals surface area (Å²) < 4.78 is 40.4. The van der Waals surface area contributed by atoms with E-state index in [1.54, 1.807) is 0 Å². The van der Waals surface area contributed by atoms with Crippen LogP contribution in [0.4, 0.5) is 24.8 Å². The fourth-order valence-electron chi connectivity index (χ4n) is 3.61. The minimum atomic E-state index is -4.75. The Kier molecular flexibility index (Phi) is 3.98. The highest BCUT2D eigenvalue weighted by molar-refractivity contribution is 5.99. The highest BCUT2D eigenvalue weighted by atomic mass is 19.4. The van der Waals surface area contributed by atoms with Crippen LogP contribution in [-0.4, -0.2) is 25.5 Å². The smallest absolute Gasteiger partial charge is 0.328 e. The molecule has 0 amide bonds. The van der Waals surface area contributed by atoms with E-state index in [1.807, 2.05) is 6.92 Å². The van der Waals surface area contributed by atoms with E-state index < -0.39 is 23.0 Å². The van der Waals surface area contributed by atoms with Gasteiger partial charge in [-0.15, -0.1) is 5.10 Å². The Morgan fingerprint density at radius 2 is 1.93 bits per heavy atom. The molecule has 0 spiro atoms. The number of anilines is 1. The molecule has 28 heavy (non-hydrogen) atoms. The lowest BCUT2D eigenvalue weighted by Crippen LogP contribution is -2.33. The van der Waals surface area contributed by atoms with Crippen LogP contribution in [0.25, 0.3) is 0 Å². The maximum atomic E-state index is 13.1. The number of Topliss-reactive ketones (excluding diaryl/α,β-unsaturated/α-hetero) is 1. The van der Waals surface area contributed by atoms with E-state index in [0.717, 1.165) is 4.68 Å². The van der Waals surface area contributed by atoms with Crippen molar-refractivity contribution in [3.8, 4) is 0 Å². The molecule has 0 saturated heterocycles. The van der Waals surface area contributed by atoms with Crippen LogP contribution < -0.4 is 5.32 Å². The van der Waals surface area contributed by atoms with E-state index in [4.69, 9.17) is 0 Å². The second-order valence-electron chi connectivity index (χ2n) is 6.91. The molecule has 2 atom stereocenters. The number of hydrogen-bond donors (Lipinski definition) is 1. The molecule has 11 heteroatoms. The van der Waals surface area contributed by atoms with Crippen LogP contribution in [0.5, 0.6) is 0 Å². The third-order valence-electron chi connectivity index (χ3n) is 4.80. The molecular weight excluding hydrogens is 379 g/mol. The summed E-state index contributed by atoms with van der Waals surface area (Å²) >= 11 is 0. The van der Waals surface area contributed by atoms with Gasteiger partial charge in [-0.3, -0.25) is 14.9 Å². The summed E-state index contributed by atoms with van der Waals surface area (Å²) in [7, 11) is 0. The number of benzene rings is 1. The van der Waals surface area contributed by atoms with Gasteiger partial charge in [-0.2, -0.15) is 18.2 Å². The van der Waals surface area contributed by atoms with Gasteiger partial charge in [0.15, 0.2) is 5.78 Å². The fourth-order valence-corrected chi connectivity index (χ4v) is 3.61. The van der Waals surface area contributed by atoms with Crippen LogP contribution >= 0.6 is 0 Å². The first kappa shape index (κ1) is 18.1. The molecule has 146 valence electrons. The third kappa shape index (κ3) is 2.92. The van der Waals surface area contributed by atoms with Crippen molar-refractivity contribution in [2.24, 2.45) is 5.92 Å². The van der Waals surface area contributed by atoms with Gasteiger partial charge in [0, 0.05) is 29.8 Å². The summed E-state index contributed by atoms with van der Waals surface area (Å²) in [4.78, 5) is 26.6. The molecule has 2 aromatic rings. The first-order valence-corrected chi connectivity index (χ1v) is 8.46. The number of halogens is 3. The van der Waals surface area contributed by atoms with Crippen molar-refractivity contribution < 1.29 is 22.9 Å². The molecule has 2 heterocycles. The summed E-state index contributed by atoms with van der Waals surface area (Å²) in [6, 6.07) is 4.39.